The van der Waals surface area contributed by atoms with Gasteiger partial charge in [-0.1, -0.05) is 26.8 Å². The van der Waals surface area contributed by atoms with Gasteiger partial charge in [0.2, 0.25) is 5.91 Å². The van der Waals surface area contributed by atoms with Crippen molar-refractivity contribution in [3.8, 4) is 0 Å². The molecule has 2 fully saturated rings. The van der Waals surface area contributed by atoms with Crippen LogP contribution in [-0.2, 0) is 14.3 Å². The summed E-state index contributed by atoms with van der Waals surface area (Å²) in [7, 11) is 1.80. The third kappa shape index (κ3) is 1.25. The van der Waals surface area contributed by atoms with Crippen LogP contribution in [0, 0.1) is 5.41 Å². The number of carbonyl (C=O) groups is 2. The van der Waals surface area contributed by atoms with Crippen molar-refractivity contribution < 1.29 is 14.3 Å². The zero-order valence-corrected chi connectivity index (χ0v) is 10.9. The Bertz CT molecular complexity index is 414. The van der Waals surface area contributed by atoms with Crippen LogP contribution in [0.2, 0.25) is 0 Å². The van der Waals surface area contributed by atoms with Gasteiger partial charge in [0.1, 0.15) is 0 Å². The molecule has 92 valence electrons. The average molecular weight is 235 g/mol. The summed E-state index contributed by atoms with van der Waals surface area (Å²) in [4.78, 5) is 25.8. The summed E-state index contributed by atoms with van der Waals surface area (Å²) >= 11 is 0. The number of hydrogen-bond donors (Lipinski definition) is 0. The van der Waals surface area contributed by atoms with Crippen molar-refractivity contribution in [1.29, 1.82) is 0 Å². The van der Waals surface area contributed by atoms with Crippen LogP contribution in [0.25, 0.3) is 0 Å². The monoisotopic (exact) mass is 235 g/mol. The number of ether oxygens (including phenoxy) is 1. The van der Waals surface area contributed by atoms with Crippen molar-refractivity contribution >= 4 is 19.7 Å². The number of carbonyl (C=O) groups excluding carboxylic acids is 2. The average Bonchev–Trinajstić information content (AvgIpc) is 2.65. The molecule has 0 aliphatic carbocycles. The Balaban J connectivity index is 2.59. The molecule has 4 nitrogen and oxygen atoms in total. The van der Waals surface area contributed by atoms with Crippen molar-refractivity contribution in [3.63, 3.8) is 0 Å². The van der Waals surface area contributed by atoms with Crippen LogP contribution in [-0.4, -0.2) is 35.8 Å². The zero-order valence-electron chi connectivity index (χ0n) is 10.9. The van der Waals surface area contributed by atoms with Gasteiger partial charge >= 0.3 is 5.97 Å². The lowest BCUT2D eigenvalue weighted by atomic mass is 9.69. The smallest absolute Gasteiger partial charge is 0.337 e. The molecule has 1 unspecified atom stereocenters. The highest BCUT2D eigenvalue weighted by Gasteiger charge is 2.67. The molecule has 17 heavy (non-hydrogen) atoms. The van der Waals surface area contributed by atoms with E-state index in [0.29, 0.717) is 12.8 Å². The molecule has 0 radical (unpaired) electrons. The molecule has 2 atom stereocenters. The van der Waals surface area contributed by atoms with E-state index in [0.717, 1.165) is 0 Å². The van der Waals surface area contributed by atoms with Crippen LogP contribution >= 0.6 is 0 Å². The highest BCUT2D eigenvalue weighted by Crippen LogP contribution is 2.50. The topological polar surface area (TPSA) is 46.6 Å². The summed E-state index contributed by atoms with van der Waals surface area (Å²) in [6, 6.07) is 0. The molecule has 0 saturated carbocycles. The van der Waals surface area contributed by atoms with Crippen molar-refractivity contribution in [1.82, 2.24) is 4.90 Å². The van der Waals surface area contributed by atoms with Crippen LogP contribution in [0.3, 0.4) is 0 Å². The molecule has 5 heteroatoms. The summed E-state index contributed by atoms with van der Waals surface area (Å²) in [5.41, 5.74) is -2.18. The summed E-state index contributed by atoms with van der Waals surface area (Å²) in [6.45, 7) is 9.60. The molecule has 0 spiro atoms. The Morgan fingerprint density at radius 1 is 1.47 bits per heavy atom. The first kappa shape index (κ1) is 12.2. The zero-order chi connectivity index (χ0) is 13.1. The minimum absolute atomic E-state index is 0.0341. The van der Waals surface area contributed by atoms with E-state index in [9.17, 15) is 9.59 Å². The molecule has 0 aromatic rings. The Hall–Kier alpha value is -1.26. The van der Waals surface area contributed by atoms with Crippen molar-refractivity contribution in [3.05, 3.63) is 12.7 Å². The van der Waals surface area contributed by atoms with Gasteiger partial charge in [-0.05, 0) is 6.42 Å². The van der Waals surface area contributed by atoms with E-state index in [-0.39, 0.29) is 17.3 Å². The number of hydrogen-bond acceptors (Lipinski definition) is 3. The molecule has 2 aliphatic heterocycles. The molecule has 0 N–H and O–H groups in total. The molecular weight excluding hydrogens is 217 g/mol. The Labute approximate surface area is 102 Å². The van der Waals surface area contributed by atoms with E-state index >= 15 is 0 Å². The van der Waals surface area contributed by atoms with E-state index in [4.69, 9.17) is 4.74 Å². The fraction of sp³-hybridized carbons (Fsp3) is 0.667. The van der Waals surface area contributed by atoms with Crippen molar-refractivity contribution in [2.24, 2.45) is 5.41 Å². The maximum absolute atomic E-state index is 12.1. The molecule has 2 saturated heterocycles. The second-order valence-corrected chi connectivity index (χ2v) is 5.98. The minimum atomic E-state index is -0.945. The molecular formula is C12H18BNO3. The number of rotatable bonds is 1. The van der Waals surface area contributed by atoms with Gasteiger partial charge in [-0.25, -0.2) is 4.79 Å². The lowest BCUT2D eigenvalue weighted by Gasteiger charge is -2.44. The van der Waals surface area contributed by atoms with E-state index < -0.39 is 11.2 Å². The summed E-state index contributed by atoms with van der Waals surface area (Å²) in [5.74, 6) is -0.385. The third-order valence-corrected chi connectivity index (χ3v) is 4.17. The van der Waals surface area contributed by atoms with Crippen LogP contribution in [0.1, 0.15) is 33.6 Å². The van der Waals surface area contributed by atoms with Gasteiger partial charge in [0.05, 0.1) is 0 Å². The highest BCUT2D eigenvalue weighted by molar-refractivity contribution is 6.19. The second-order valence-electron chi connectivity index (χ2n) is 5.98. The van der Waals surface area contributed by atoms with Crippen LogP contribution in [0.4, 0.5) is 0 Å². The fourth-order valence-corrected chi connectivity index (χ4v) is 2.64. The Kier molecular flexibility index (Phi) is 2.26. The Morgan fingerprint density at radius 3 is 2.53 bits per heavy atom. The van der Waals surface area contributed by atoms with E-state index in [1.807, 2.05) is 20.8 Å². The maximum Gasteiger partial charge on any atom is 0.337 e. The number of fused-ring (bicyclic) bond motifs is 1. The number of amides is 1. The van der Waals surface area contributed by atoms with Gasteiger partial charge in [-0.2, -0.15) is 0 Å². The van der Waals surface area contributed by atoms with Crippen LogP contribution in [0.5, 0.6) is 0 Å². The minimum Gasteiger partial charge on any atom is -0.445 e. The Morgan fingerprint density at radius 2 is 2.06 bits per heavy atom. The van der Waals surface area contributed by atoms with Gasteiger partial charge in [-0.15, -0.1) is 6.58 Å². The van der Waals surface area contributed by atoms with E-state index in [1.165, 1.54) is 0 Å². The molecule has 2 heterocycles. The fourth-order valence-electron chi connectivity index (χ4n) is 2.64. The predicted molar refractivity (Wildman–Crippen MR) is 65.8 cm³/mol. The van der Waals surface area contributed by atoms with Gasteiger partial charge in [0.15, 0.2) is 19.0 Å². The standard InChI is InChI=1S/C12H18BNO3/c1-5-11-7-6-8(15)14(11)12(13,10(2,3)4)17-9(11)16/h5H,1,6-7,13H2,2-4H3/t11-,12?/m0/s1. The van der Waals surface area contributed by atoms with Gasteiger partial charge in [-0.3, -0.25) is 9.69 Å². The largest absolute Gasteiger partial charge is 0.445 e. The molecule has 1 amide bonds. The number of nitrogens with zero attached hydrogens (tertiary/aromatic N) is 1. The summed E-state index contributed by atoms with van der Waals surface area (Å²) in [6.07, 6.45) is 2.41. The number of cyclic esters (lactones) is 1. The van der Waals surface area contributed by atoms with Crippen LogP contribution < -0.4 is 0 Å². The van der Waals surface area contributed by atoms with Gasteiger partial charge in [0.25, 0.3) is 0 Å². The highest BCUT2D eigenvalue weighted by atomic mass is 16.6. The van der Waals surface area contributed by atoms with Crippen molar-refractivity contribution in [2.75, 3.05) is 0 Å². The molecule has 0 bridgehead atoms. The maximum atomic E-state index is 12.1. The quantitative estimate of drug-likeness (QED) is 0.376. The van der Waals surface area contributed by atoms with Crippen molar-refractivity contribution in [2.45, 2.75) is 44.8 Å². The first-order valence-corrected chi connectivity index (χ1v) is 5.89. The third-order valence-electron chi connectivity index (χ3n) is 4.17. The molecule has 2 rings (SSSR count). The molecule has 2 aliphatic rings. The molecule has 0 aromatic carbocycles. The number of esters is 1. The summed E-state index contributed by atoms with van der Waals surface area (Å²) < 4.78 is 5.54. The van der Waals surface area contributed by atoms with Gasteiger partial charge in [0, 0.05) is 11.8 Å². The molecule has 0 aromatic heterocycles. The summed E-state index contributed by atoms with van der Waals surface area (Å²) in [5, 5.41) is 0. The van der Waals surface area contributed by atoms with E-state index in [2.05, 4.69) is 6.58 Å². The first-order chi connectivity index (χ1) is 7.69. The van der Waals surface area contributed by atoms with Crippen LogP contribution in [0.15, 0.2) is 12.7 Å². The lowest BCUT2D eigenvalue weighted by Crippen LogP contribution is -2.59. The second kappa shape index (κ2) is 3.15. The van der Waals surface area contributed by atoms with Gasteiger partial charge < -0.3 is 4.74 Å². The van der Waals surface area contributed by atoms with E-state index in [1.54, 1.807) is 18.8 Å². The normalized spacial score (nSPS) is 37.0. The predicted octanol–water partition coefficient (Wildman–Crippen LogP) is 0.423. The first-order valence-electron chi connectivity index (χ1n) is 5.89. The lowest BCUT2D eigenvalue weighted by molar-refractivity contribution is -0.159. The SMILES string of the molecule is BC1(C(C)(C)C)OC(=O)[C@]2(C=C)CCC(=O)N12.